The number of nitrogens with zero attached hydrogens (tertiary/aromatic N) is 6. The molecule has 1 amide bonds. The summed E-state index contributed by atoms with van der Waals surface area (Å²) < 4.78 is 7.73. The van der Waals surface area contributed by atoms with Crippen LogP contribution in [0.4, 0.5) is 5.95 Å². The Morgan fingerprint density at radius 1 is 1.30 bits per heavy atom. The highest BCUT2D eigenvalue weighted by atomic mass is 16.5. The maximum atomic E-state index is 11.8. The van der Waals surface area contributed by atoms with Gasteiger partial charge in [-0.2, -0.15) is 5.10 Å². The van der Waals surface area contributed by atoms with Crippen molar-refractivity contribution < 1.29 is 9.53 Å². The number of ether oxygens (including phenoxy) is 1. The molecule has 23 heavy (non-hydrogen) atoms. The molecule has 0 aromatic carbocycles. The molecule has 8 heteroatoms. The number of carbonyl (C=O) groups excluding carboxylic acids is 1. The van der Waals surface area contributed by atoms with Crippen LogP contribution in [0.2, 0.25) is 0 Å². The van der Waals surface area contributed by atoms with Crippen molar-refractivity contribution in [2.75, 3.05) is 32.1 Å². The molecule has 0 bridgehead atoms. The van der Waals surface area contributed by atoms with Crippen LogP contribution < -0.4 is 4.90 Å². The van der Waals surface area contributed by atoms with Crippen molar-refractivity contribution in [1.29, 1.82) is 0 Å². The summed E-state index contributed by atoms with van der Waals surface area (Å²) in [4.78, 5) is 24.0. The number of hydrogen-bond donors (Lipinski definition) is 0. The first-order valence-corrected chi connectivity index (χ1v) is 7.48. The first-order chi connectivity index (χ1) is 11.1. The molecule has 0 spiro atoms. The molecule has 2 aromatic rings. The molecule has 0 fully saturated rings. The Labute approximate surface area is 134 Å². The number of amides is 1. The van der Waals surface area contributed by atoms with Crippen molar-refractivity contribution in [2.45, 2.75) is 19.2 Å². The molecule has 0 N–H and O–H groups in total. The minimum atomic E-state index is -0.163. The van der Waals surface area contributed by atoms with Gasteiger partial charge in [0.25, 0.3) is 0 Å². The highest BCUT2D eigenvalue weighted by Crippen LogP contribution is 2.17. The quantitative estimate of drug-likeness (QED) is 0.800. The van der Waals surface area contributed by atoms with Crippen molar-refractivity contribution in [1.82, 2.24) is 24.6 Å². The number of rotatable bonds is 4. The van der Waals surface area contributed by atoms with Gasteiger partial charge < -0.3 is 14.5 Å². The van der Waals surface area contributed by atoms with Crippen LogP contribution in [0.15, 0.2) is 30.7 Å². The summed E-state index contributed by atoms with van der Waals surface area (Å²) in [5, 5.41) is 4.33. The number of likely N-dealkylation sites (N-methyl/N-ethyl adjacent to an activating group) is 1. The van der Waals surface area contributed by atoms with E-state index in [1.54, 1.807) is 38.8 Å². The maximum absolute atomic E-state index is 11.8. The van der Waals surface area contributed by atoms with E-state index in [2.05, 4.69) is 15.1 Å². The summed E-state index contributed by atoms with van der Waals surface area (Å²) in [5.74, 6) is 0.590. The Morgan fingerprint density at radius 3 is 2.83 bits per heavy atom. The molecule has 0 aliphatic carbocycles. The van der Waals surface area contributed by atoms with Crippen LogP contribution in [0.25, 0.3) is 0 Å². The highest BCUT2D eigenvalue weighted by molar-refractivity contribution is 5.76. The predicted octanol–water partition coefficient (Wildman–Crippen LogP) is 0.167. The number of carbonyl (C=O) groups is 1. The van der Waals surface area contributed by atoms with Crippen molar-refractivity contribution in [3.05, 3.63) is 36.4 Å². The number of hydrogen-bond acceptors (Lipinski definition) is 6. The molecular formula is C15H20N6O2. The van der Waals surface area contributed by atoms with Crippen LogP contribution in [-0.4, -0.2) is 63.9 Å². The topological polar surface area (TPSA) is 76.4 Å². The van der Waals surface area contributed by atoms with Crippen LogP contribution in [0, 0.1) is 0 Å². The van der Waals surface area contributed by atoms with Gasteiger partial charge in [-0.1, -0.05) is 0 Å². The fourth-order valence-corrected chi connectivity index (χ4v) is 2.45. The van der Waals surface area contributed by atoms with E-state index < -0.39 is 0 Å². The van der Waals surface area contributed by atoms with Gasteiger partial charge in [0.2, 0.25) is 11.9 Å². The van der Waals surface area contributed by atoms with E-state index in [0.29, 0.717) is 25.6 Å². The summed E-state index contributed by atoms with van der Waals surface area (Å²) in [7, 11) is 3.43. The highest BCUT2D eigenvalue weighted by Gasteiger charge is 2.25. The molecule has 0 saturated heterocycles. The number of fused-ring (bicyclic) bond motifs is 1. The molecule has 0 saturated carbocycles. The zero-order valence-electron chi connectivity index (χ0n) is 13.3. The lowest BCUT2D eigenvalue weighted by molar-refractivity contribution is -0.135. The van der Waals surface area contributed by atoms with Gasteiger partial charge >= 0.3 is 0 Å². The summed E-state index contributed by atoms with van der Waals surface area (Å²) in [6.45, 7) is 1.92. The monoisotopic (exact) mass is 316 g/mol. The third kappa shape index (κ3) is 3.65. The molecular weight excluding hydrogens is 296 g/mol. The summed E-state index contributed by atoms with van der Waals surface area (Å²) >= 11 is 0. The number of anilines is 1. The van der Waals surface area contributed by atoms with Gasteiger partial charge in [0.1, 0.15) is 6.61 Å². The fourth-order valence-electron chi connectivity index (χ4n) is 2.45. The molecule has 3 heterocycles. The van der Waals surface area contributed by atoms with E-state index in [1.165, 1.54) is 4.90 Å². The van der Waals surface area contributed by atoms with Gasteiger partial charge in [-0.15, -0.1) is 0 Å². The zero-order valence-corrected chi connectivity index (χ0v) is 13.3. The number of aromatic nitrogens is 4. The van der Waals surface area contributed by atoms with E-state index in [1.807, 2.05) is 15.6 Å². The Hall–Kier alpha value is -2.48. The fraction of sp³-hybridized carbons (Fsp3) is 0.467. The summed E-state index contributed by atoms with van der Waals surface area (Å²) in [6.07, 6.45) is 5.04. The third-order valence-corrected chi connectivity index (χ3v) is 3.73. The van der Waals surface area contributed by atoms with Gasteiger partial charge in [-0.25, -0.2) is 9.97 Å². The lowest BCUT2D eigenvalue weighted by Crippen LogP contribution is -2.37. The van der Waals surface area contributed by atoms with Crippen molar-refractivity contribution in [2.24, 2.45) is 0 Å². The molecule has 122 valence electrons. The van der Waals surface area contributed by atoms with Gasteiger partial charge in [0.05, 0.1) is 24.9 Å². The largest absolute Gasteiger partial charge is 0.365 e. The van der Waals surface area contributed by atoms with Crippen LogP contribution >= 0.6 is 0 Å². The third-order valence-electron chi connectivity index (χ3n) is 3.73. The van der Waals surface area contributed by atoms with Crippen LogP contribution in [0.3, 0.4) is 0 Å². The SMILES string of the molecule is CN(C)C(=O)COC1CN(c2ncccn2)Cc2ccnn2C1. The van der Waals surface area contributed by atoms with E-state index in [9.17, 15) is 4.79 Å². The van der Waals surface area contributed by atoms with Crippen molar-refractivity contribution >= 4 is 11.9 Å². The first-order valence-electron chi connectivity index (χ1n) is 7.48. The average Bonchev–Trinajstić information content (AvgIpc) is 2.91. The second-order valence-electron chi connectivity index (χ2n) is 5.66. The summed E-state index contributed by atoms with van der Waals surface area (Å²) in [5.41, 5.74) is 1.07. The van der Waals surface area contributed by atoms with Gasteiger partial charge in [0.15, 0.2) is 0 Å². The molecule has 0 radical (unpaired) electrons. The van der Waals surface area contributed by atoms with Crippen LogP contribution in [0.5, 0.6) is 0 Å². The van der Waals surface area contributed by atoms with Crippen molar-refractivity contribution in [3.63, 3.8) is 0 Å². The summed E-state index contributed by atoms with van der Waals surface area (Å²) in [6, 6.07) is 3.76. The normalized spacial score (nSPS) is 17.5. The van der Waals surface area contributed by atoms with Gasteiger partial charge in [0, 0.05) is 39.2 Å². The average molecular weight is 316 g/mol. The predicted molar refractivity (Wildman–Crippen MR) is 83.7 cm³/mol. The Kier molecular flexibility index (Phi) is 4.52. The van der Waals surface area contributed by atoms with Crippen LogP contribution in [-0.2, 0) is 22.6 Å². The Bertz CT molecular complexity index is 657. The molecule has 2 aromatic heterocycles. The lowest BCUT2D eigenvalue weighted by Gasteiger charge is -2.24. The first kappa shape index (κ1) is 15.4. The van der Waals surface area contributed by atoms with E-state index >= 15 is 0 Å². The maximum Gasteiger partial charge on any atom is 0.248 e. The van der Waals surface area contributed by atoms with Crippen LogP contribution in [0.1, 0.15) is 5.69 Å². The smallest absolute Gasteiger partial charge is 0.248 e. The van der Waals surface area contributed by atoms with E-state index in [4.69, 9.17) is 4.74 Å². The van der Waals surface area contributed by atoms with E-state index in [0.717, 1.165) is 5.69 Å². The molecule has 1 unspecified atom stereocenters. The molecule has 1 aliphatic rings. The minimum Gasteiger partial charge on any atom is -0.365 e. The molecule has 1 atom stereocenters. The molecule has 8 nitrogen and oxygen atoms in total. The molecule has 3 rings (SSSR count). The second kappa shape index (κ2) is 6.74. The van der Waals surface area contributed by atoms with Gasteiger partial charge in [-0.05, 0) is 12.1 Å². The standard InChI is InChI=1S/C15H20N6O2/c1-19(2)14(22)11-23-13-9-20(15-16-5-3-6-17-15)8-12-4-7-18-21(12)10-13/h3-7,13H,8-11H2,1-2H3. The lowest BCUT2D eigenvalue weighted by atomic mass is 10.3. The van der Waals surface area contributed by atoms with E-state index in [-0.39, 0.29) is 18.6 Å². The zero-order chi connectivity index (χ0) is 16.2. The Morgan fingerprint density at radius 2 is 2.09 bits per heavy atom. The second-order valence-corrected chi connectivity index (χ2v) is 5.66. The van der Waals surface area contributed by atoms with Crippen molar-refractivity contribution in [3.8, 4) is 0 Å². The molecule has 1 aliphatic heterocycles. The van der Waals surface area contributed by atoms with Gasteiger partial charge in [-0.3, -0.25) is 9.48 Å². The minimum absolute atomic E-state index is 0.0533. The Balaban J connectivity index is 1.76.